The predicted octanol–water partition coefficient (Wildman–Crippen LogP) is 2.37. The number of carbonyl (C=O) groups is 1. The van der Waals surface area contributed by atoms with Gasteiger partial charge in [-0.3, -0.25) is 9.59 Å². The fourth-order valence-electron chi connectivity index (χ4n) is 2.75. The minimum absolute atomic E-state index is 0.000712. The van der Waals surface area contributed by atoms with Gasteiger partial charge in [0.2, 0.25) is 5.91 Å². The molecule has 0 fully saturated rings. The van der Waals surface area contributed by atoms with E-state index in [1.807, 2.05) is 13.0 Å². The summed E-state index contributed by atoms with van der Waals surface area (Å²) >= 11 is 5.97. The summed E-state index contributed by atoms with van der Waals surface area (Å²) in [4.78, 5) is 40.9. The lowest BCUT2D eigenvalue weighted by Gasteiger charge is -2.16. The van der Waals surface area contributed by atoms with Gasteiger partial charge in [0.05, 0.1) is 24.0 Å². The van der Waals surface area contributed by atoms with E-state index in [-0.39, 0.29) is 17.9 Å². The monoisotopic (exact) mass is 373 g/mol. The maximum atomic E-state index is 12.5. The van der Waals surface area contributed by atoms with Gasteiger partial charge >= 0.3 is 0 Å². The summed E-state index contributed by atoms with van der Waals surface area (Å²) < 4.78 is 0. The van der Waals surface area contributed by atoms with E-state index in [0.717, 1.165) is 11.0 Å². The minimum atomic E-state index is -0.255. The molecule has 136 valence electrons. The Balaban J connectivity index is 1.74. The van der Waals surface area contributed by atoms with Gasteiger partial charge in [-0.25, -0.2) is 9.97 Å². The molecule has 0 bridgehead atoms. The van der Waals surface area contributed by atoms with Gasteiger partial charge in [0.15, 0.2) is 0 Å². The first kappa shape index (κ1) is 18.1. The molecule has 0 saturated carbocycles. The summed E-state index contributed by atoms with van der Waals surface area (Å²) in [6, 6.07) is 5.38. The van der Waals surface area contributed by atoms with Gasteiger partial charge in [0, 0.05) is 29.7 Å². The van der Waals surface area contributed by atoms with Crippen molar-refractivity contribution in [2.24, 2.45) is 0 Å². The molecule has 0 spiro atoms. The maximum Gasteiger partial charge on any atom is 0.254 e. The lowest BCUT2D eigenvalue weighted by molar-refractivity contribution is -0.129. The van der Waals surface area contributed by atoms with Crippen LogP contribution in [0.1, 0.15) is 29.8 Å². The summed E-state index contributed by atoms with van der Waals surface area (Å²) in [7, 11) is 1.68. The fraction of sp³-hybridized carbons (Fsp3) is 0.333. The first-order valence-corrected chi connectivity index (χ1v) is 8.72. The van der Waals surface area contributed by atoms with Gasteiger partial charge in [0.1, 0.15) is 11.6 Å². The second-order valence-electron chi connectivity index (χ2n) is 6.20. The molecule has 0 aliphatic rings. The van der Waals surface area contributed by atoms with Crippen molar-refractivity contribution in [1.82, 2.24) is 24.8 Å². The molecule has 3 aromatic rings. The third-order valence-electron chi connectivity index (χ3n) is 4.24. The summed E-state index contributed by atoms with van der Waals surface area (Å²) in [5, 5.41) is 0.620. The molecule has 2 aromatic heterocycles. The Morgan fingerprint density at radius 3 is 2.69 bits per heavy atom. The summed E-state index contributed by atoms with van der Waals surface area (Å²) in [6.07, 6.45) is 0.640. The molecule has 0 aliphatic heterocycles. The second-order valence-corrected chi connectivity index (χ2v) is 6.64. The number of carbonyl (C=O) groups excluding carboxylic acids is 1. The summed E-state index contributed by atoms with van der Waals surface area (Å²) in [5.41, 5.74) is 2.34. The van der Waals surface area contributed by atoms with Crippen molar-refractivity contribution in [3.05, 3.63) is 56.5 Å². The Bertz CT molecular complexity index is 1020. The van der Waals surface area contributed by atoms with Crippen molar-refractivity contribution < 1.29 is 4.79 Å². The van der Waals surface area contributed by atoms with Gasteiger partial charge in [-0.05, 0) is 25.1 Å². The lowest BCUT2D eigenvalue weighted by Crippen LogP contribution is -2.31. The first-order valence-electron chi connectivity index (χ1n) is 8.34. The largest absolute Gasteiger partial charge is 0.340 e. The molecule has 3 rings (SSSR count). The summed E-state index contributed by atoms with van der Waals surface area (Å²) in [6.45, 7) is 3.97. The number of aryl methyl sites for hydroxylation is 2. The maximum absolute atomic E-state index is 12.5. The number of aromatic amines is 2. The number of likely N-dealkylation sites (N-methyl/N-ethyl adjacent to an activating group) is 1. The normalized spacial score (nSPS) is 11.1. The van der Waals surface area contributed by atoms with E-state index in [9.17, 15) is 9.59 Å². The number of nitrogens with one attached hydrogen (secondary N) is 2. The van der Waals surface area contributed by atoms with Crippen LogP contribution in [0.3, 0.4) is 0 Å². The highest BCUT2D eigenvalue weighted by Gasteiger charge is 2.17. The number of nitrogens with zero attached hydrogens (tertiary/aromatic N) is 3. The van der Waals surface area contributed by atoms with Gasteiger partial charge in [-0.2, -0.15) is 0 Å². The highest BCUT2D eigenvalue weighted by molar-refractivity contribution is 6.31. The minimum Gasteiger partial charge on any atom is -0.340 e. The molecular weight excluding hydrogens is 354 g/mol. The Morgan fingerprint density at radius 2 is 2.00 bits per heavy atom. The van der Waals surface area contributed by atoms with Gasteiger partial charge in [-0.15, -0.1) is 0 Å². The Morgan fingerprint density at radius 1 is 1.23 bits per heavy atom. The average molecular weight is 374 g/mol. The zero-order valence-corrected chi connectivity index (χ0v) is 15.6. The van der Waals surface area contributed by atoms with E-state index in [2.05, 4.69) is 19.9 Å². The van der Waals surface area contributed by atoms with Crippen molar-refractivity contribution in [3.8, 4) is 0 Å². The molecule has 8 heteroatoms. The molecule has 26 heavy (non-hydrogen) atoms. The molecule has 1 aromatic carbocycles. The molecule has 0 unspecified atom stereocenters. The zero-order chi connectivity index (χ0) is 18.8. The summed E-state index contributed by atoms with van der Waals surface area (Å²) in [5.74, 6) is 1.10. The van der Waals surface area contributed by atoms with Gasteiger partial charge in [-0.1, -0.05) is 18.5 Å². The van der Waals surface area contributed by atoms with Gasteiger partial charge in [0.25, 0.3) is 5.56 Å². The smallest absolute Gasteiger partial charge is 0.254 e. The van der Waals surface area contributed by atoms with Crippen LogP contribution < -0.4 is 5.56 Å². The first-order chi connectivity index (χ1) is 12.4. The number of imidazole rings is 1. The molecule has 2 N–H and O–H groups in total. The molecule has 0 radical (unpaired) electrons. The van der Waals surface area contributed by atoms with Crippen LogP contribution in [0.15, 0.2) is 23.0 Å². The van der Waals surface area contributed by atoms with E-state index in [1.54, 1.807) is 26.1 Å². The van der Waals surface area contributed by atoms with Crippen molar-refractivity contribution in [2.75, 3.05) is 7.05 Å². The van der Waals surface area contributed by atoms with Crippen LogP contribution in [-0.4, -0.2) is 37.8 Å². The number of fused-ring (bicyclic) bond motifs is 1. The lowest BCUT2D eigenvalue weighted by atomic mass is 10.1. The van der Waals surface area contributed by atoms with Crippen molar-refractivity contribution in [2.45, 2.75) is 33.2 Å². The van der Waals surface area contributed by atoms with Crippen LogP contribution in [0, 0.1) is 6.92 Å². The molecular formula is C18H20ClN5O2. The van der Waals surface area contributed by atoms with E-state index < -0.39 is 0 Å². The second kappa shape index (κ2) is 7.29. The highest BCUT2D eigenvalue weighted by atomic mass is 35.5. The van der Waals surface area contributed by atoms with E-state index >= 15 is 0 Å². The van der Waals surface area contributed by atoms with Crippen molar-refractivity contribution in [1.29, 1.82) is 0 Å². The van der Waals surface area contributed by atoms with E-state index in [1.165, 1.54) is 4.90 Å². The van der Waals surface area contributed by atoms with Crippen molar-refractivity contribution >= 4 is 28.5 Å². The van der Waals surface area contributed by atoms with E-state index in [4.69, 9.17) is 11.6 Å². The zero-order valence-electron chi connectivity index (χ0n) is 14.9. The Labute approximate surface area is 155 Å². The third kappa shape index (κ3) is 3.77. The number of hydrogen-bond donors (Lipinski definition) is 2. The van der Waals surface area contributed by atoms with E-state index in [0.29, 0.717) is 40.9 Å². The predicted molar refractivity (Wildman–Crippen MR) is 100 cm³/mol. The number of aromatic nitrogens is 4. The van der Waals surface area contributed by atoms with Crippen LogP contribution in [0.4, 0.5) is 0 Å². The third-order valence-corrected chi connectivity index (χ3v) is 4.47. The molecule has 1 amide bonds. The average Bonchev–Trinajstić information content (AvgIpc) is 2.98. The standard InChI is InChI=1S/C18H20ClN5O2/c1-4-15-20-10(2)12(18(26)23-15)8-17(25)24(3)9-16-21-13-6-5-11(19)7-14(13)22-16/h5-7H,4,8-9H2,1-3H3,(H,21,22)(H,20,23,26). The molecule has 2 heterocycles. The van der Waals surface area contributed by atoms with Crippen LogP contribution in [0.5, 0.6) is 0 Å². The fourth-order valence-corrected chi connectivity index (χ4v) is 2.92. The number of H-pyrrole nitrogens is 2. The quantitative estimate of drug-likeness (QED) is 0.717. The number of benzene rings is 1. The number of rotatable bonds is 5. The number of hydrogen-bond acceptors (Lipinski definition) is 4. The van der Waals surface area contributed by atoms with Crippen LogP contribution in [0.2, 0.25) is 5.02 Å². The van der Waals surface area contributed by atoms with Crippen LogP contribution in [-0.2, 0) is 24.2 Å². The van der Waals surface area contributed by atoms with Crippen molar-refractivity contribution in [3.63, 3.8) is 0 Å². The number of halogens is 1. The topological polar surface area (TPSA) is 94.7 Å². The Kier molecular flexibility index (Phi) is 5.08. The SMILES string of the molecule is CCc1nc(C)c(CC(=O)N(C)Cc2nc3ccc(Cl)cc3[nH]2)c(=O)[nH]1. The Hall–Kier alpha value is -2.67. The highest BCUT2D eigenvalue weighted by Crippen LogP contribution is 2.17. The molecule has 0 atom stereocenters. The van der Waals surface area contributed by atoms with Crippen LogP contribution >= 0.6 is 11.6 Å². The molecule has 0 aliphatic carbocycles. The van der Waals surface area contributed by atoms with Gasteiger partial charge < -0.3 is 14.9 Å². The van der Waals surface area contributed by atoms with Crippen LogP contribution in [0.25, 0.3) is 11.0 Å². The molecule has 0 saturated heterocycles. The molecule has 7 nitrogen and oxygen atoms in total. The number of amides is 1.